The molecule has 1 aromatic carbocycles. The monoisotopic (exact) mass is 323 g/mol. The van der Waals surface area contributed by atoms with E-state index in [2.05, 4.69) is 17.2 Å². The first-order valence-electron chi connectivity index (χ1n) is 7.22. The van der Waals surface area contributed by atoms with Crippen LogP contribution in [0.4, 0.5) is 10.8 Å². The molecule has 6 heteroatoms. The highest BCUT2D eigenvalue weighted by molar-refractivity contribution is 7.99. The Balaban J connectivity index is 1.76. The first-order chi connectivity index (χ1) is 10.2. The van der Waals surface area contributed by atoms with Gasteiger partial charge in [0.25, 0.3) is 0 Å². The number of benzene rings is 1. The third-order valence-corrected chi connectivity index (χ3v) is 5.03. The fourth-order valence-corrected chi connectivity index (χ4v) is 3.77. The fraction of sp³-hybridized carbons (Fsp3) is 0.467. The Kier molecular flexibility index (Phi) is 6.32. The number of hydrogen-bond donors (Lipinski definition) is 2. The number of carbonyl (C=O) groups is 1. The first kappa shape index (κ1) is 16.1. The number of aromatic nitrogens is 1. The zero-order valence-corrected chi connectivity index (χ0v) is 13.9. The molecule has 0 unspecified atom stereocenters. The molecular weight excluding hydrogens is 302 g/mol. The molecule has 114 valence electrons. The summed E-state index contributed by atoms with van der Waals surface area (Å²) in [5.74, 6) is 2.04. The summed E-state index contributed by atoms with van der Waals surface area (Å²) in [4.78, 5) is 16.2. The van der Waals surface area contributed by atoms with E-state index >= 15 is 0 Å². The summed E-state index contributed by atoms with van der Waals surface area (Å²) >= 11 is 3.30. The third-order valence-electron chi connectivity index (χ3n) is 3.02. The number of anilines is 2. The summed E-state index contributed by atoms with van der Waals surface area (Å²) in [6, 6.07) is 5.58. The van der Waals surface area contributed by atoms with Crippen LogP contribution in [0.1, 0.15) is 32.6 Å². The topological polar surface area (TPSA) is 68.0 Å². The molecule has 0 aliphatic rings. The number of hydrogen-bond acceptors (Lipinski definition) is 5. The number of nitrogens with two attached hydrogens (primary N) is 1. The van der Waals surface area contributed by atoms with E-state index in [1.54, 1.807) is 0 Å². The van der Waals surface area contributed by atoms with Crippen molar-refractivity contribution in [3.8, 4) is 0 Å². The number of thioether (sulfide) groups is 1. The minimum Gasteiger partial charge on any atom is -0.399 e. The summed E-state index contributed by atoms with van der Waals surface area (Å²) < 4.78 is 0.999. The molecule has 21 heavy (non-hydrogen) atoms. The second-order valence-corrected chi connectivity index (χ2v) is 7.12. The molecule has 0 aliphatic carbocycles. The van der Waals surface area contributed by atoms with E-state index in [0.29, 0.717) is 17.2 Å². The van der Waals surface area contributed by atoms with Crippen LogP contribution in [0.2, 0.25) is 0 Å². The summed E-state index contributed by atoms with van der Waals surface area (Å²) in [7, 11) is 0. The van der Waals surface area contributed by atoms with Crippen LogP contribution in [-0.4, -0.2) is 22.4 Å². The summed E-state index contributed by atoms with van der Waals surface area (Å²) in [6.45, 7) is 2.20. The van der Waals surface area contributed by atoms with E-state index in [4.69, 9.17) is 5.73 Å². The van der Waals surface area contributed by atoms with Gasteiger partial charge < -0.3 is 11.1 Å². The van der Waals surface area contributed by atoms with E-state index in [1.807, 2.05) is 30.0 Å². The molecule has 2 rings (SSSR count). The minimum atomic E-state index is 0.0324. The maximum absolute atomic E-state index is 11.9. The number of rotatable bonds is 8. The van der Waals surface area contributed by atoms with E-state index in [1.165, 1.54) is 30.6 Å². The average Bonchev–Trinajstić information content (AvgIpc) is 2.83. The molecule has 0 fully saturated rings. The summed E-state index contributed by atoms with van der Waals surface area (Å²) in [5, 5.41) is 3.52. The zero-order chi connectivity index (χ0) is 15.1. The van der Waals surface area contributed by atoms with E-state index in [9.17, 15) is 4.79 Å². The smallest absolute Gasteiger partial charge is 0.226 e. The van der Waals surface area contributed by atoms with Crippen LogP contribution in [0, 0.1) is 0 Å². The predicted octanol–water partition coefficient (Wildman–Crippen LogP) is 4.13. The van der Waals surface area contributed by atoms with Crippen molar-refractivity contribution in [2.24, 2.45) is 0 Å². The molecular formula is C15H21N3OS2. The number of nitrogens with zero attached hydrogens (tertiary/aromatic N) is 1. The molecule has 1 amide bonds. The van der Waals surface area contributed by atoms with Gasteiger partial charge in [0.05, 0.1) is 10.2 Å². The Hall–Kier alpha value is -1.27. The molecule has 2 aromatic rings. The lowest BCUT2D eigenvalue weighted by Gasteiger charge is -2.01. The van der Waals surface area contributed by atoms with Crippen molar-refractivity contribution in [3.63, 3.8) is 0 Å². The largest absolute Gasteiger partial charge is 0.399 e. The first-order valence-corrected chi connectivity index (χ1v) is 9.20. The molecule has 0 radical (unpaired) electrons. The van der Waals surface area contributed by atoms with E-state index in [-0.39, 0.29) is 5.91 Å². The SMILES string of the molecule is CCCCCSCCC(=O)Nc1nc2ccc(N)cc2s1. The molecule has 0 saturated heterocycles. The van der Waals surface area contributed by atoms with Gasteiger partial charge in [-0.1, -0.05) is 31.1 Å². The molecule has 0 saturated carbocycles. The van der Waals surface area contributed by atoms with Gasteiger partial charge in [0, 0.05) is 17.9 Å². The van der Waals surface area contributed by atoms with Gasteiger partial charge in [-0.25, -0.2) is 4.98 Å². The van der Waals surface area contributed by atoms with Gasteiger partial charge >= 0.3 is 0 Å². The lowest BCUT2D eigenvalue weighted by atomic mass is 10.3. The van der Waals surface area contributed by atoms with Crippen molar-refractivity contribution in [2.45, 2.75) is 32.6 Å². The van der Waals surface area contributed by atoms with Gasteiger partial charge in [0.15, 0.2) is 5.13 Å². The lowest BCUT2D eigenvalue weighted by Crippen LogP contribution is -2.11. The second-order valence-electron chi connectivity index (χ2n) is 4.86. The van der Waals surface area contributed by atoms with Gasteiger partial charge in [0.2, 0.25) is 5.91 Å². The highest BCUT2D eigenvalue weighted by Crippen LogP contribution is 2.27. The zero-order valence-electron chi connectivity index (χ0n) is 12.2. The molecule has 3 N–H and O–H groups in total. The fourth-order valence-electron chi connectivity index (χ4n) is 1.90. The number of nitrogen functional groups attached to an aromatic ring is 1. The van der Waals surface area contributed by atoms with Crippen LogP contribution < -0.4 is 11.1 Å². The van der Waals surface area contributed by atoms with Gasteiger partial charge in [-0.15, -0.1) is 0 Å². The highest BCUT2D eigenvalue weighted by Gasteiger charge is 2.08. The van der Waals surface area contributed by atoms with Gasteiger partial charge in [-0.05, 0) is 30.4 Å². The summed E-state index contributed by atoms with van der Waals surface area (Å²) in [5.41, 5.74) is 7.33. The standard InChI is InChI=1S/C15H21N3OS2/c1-2-3-4-8-20-9-7-14(19)18-15-17-12-6-5-11(16)10-13(12)21-15/h5-6,10H,2-4,7-9,16H2,1H3,(H,17,18,19). The second kappa shape index (κ2) is 8.24. The van der Waals surface area contributed by atoms with E-state index in [0.717, 1.165) is 21.7 Å². The molecule has 0 spiro atoms. The number of unbranched alkanes of at least 4 members (excludes halogenated alkanes) is 2. The van der Waals surface area contributed by atoms with Crippen LogP contribution in [0.15, 0.2) is 18.2 Å². The Morgan fingerprint density at radius 3 is 3.05 bits per heavy atom. The predicted molar refractivity (Wildman–Crippen MR) is 94.1 cm³/mol. The normalized spacial score (nSPS) is 10.9. The molecule has 4 nitrogen and oxygen atoms in total. The average molecular weight is 323 g/mol. The van der Waals surface area contributed by atoms with Gasteiger partial charge in [-0.2, -0.15) is 11.8 Å². The van der Waals surface area contributed by atoms with E-state index < -0.39 is 0 Å². The minimum absolute atomic E-state index is 0.0324. The maximum Gasteiger partial charge on any atom is 0.226 e. The number of thiazole rings is 1. The maximum atomic E-state index is 11.9. The van der Waals surface area contributed by atoms with Crippen molar-refractivity contribution < 1.29 is 4.79 Å². The van der Waals surface area contributed by atoms with Crippen LogP contribution in [0.3, 0.4) is 0 Å². The molecule has 0 aliphatic heterocycles. The number of carbonyl (C=O) groups excluding carboxylic acids is 1. The van der Waals surface area contributed by atoms with Crippen molar-refractivity contribution in [2.75, 3.05) is 22.6 Å². The van der Waals surface area contributed by atoms with Crippen molar-refractivity contribution >= 4 is 50.0 Å². The molecule has 1 aromatic heterocycles. The number of nitrogens with one attached hydrogen (secondary N) is 1. The van der Waals surface area contributed by atoms with Crippen molar-refractivity contribution in [1.82, 2.24) is 4.98 Å². The van der Waals surface area contributed by atoms with Crippen molar-refractivity contribution in [3.05, 3.63) is 18.2 Å². The number of amides is 1. The lowest BCUT2D eigenvalue weighted by molar-refractivity contribution is -0.115. The Bertz CT molecular complexity index is 598. The van der Waals surface area contributed by atoms with Crippen LogP contribution in [0.5, 0.6) is 0 Å². The van der Waals surface area contributed by atoms with Crippen LogP contribution >= 0.6 is 23.1 Å². The van der Waals surface area contributed by atoms with Crippen LogP contribution in [0.25, 0.3) is 10.2 Å². The Morgan fingerprint density at radius 2 is 2.24 bits per heavy atom. The Morgan fingerprint density at radius 1 is 1.38 bits per heavy atom. The van der Waals surface area contributed by atoms with Crippen LogP contribution in [-0.2, 0) is 4.79 Å². The Labute approximate surface area is 133 Å². The molecule has 1 heterocycles. The highest BCUT2D eigenvalue weighted by atomic mass is 32.2. The van der Waals surface area contributed by atoms with Gasteiger partial charge in [0.1, 0.15) is 0 Å². The summed E-state index contributed by atoms with van der Waals surface area (Å²) in [6.07, 6.45) is 4.29. The van der Waals surface area contributed by atoms with Gasteiger partial charge in [-0.3, -0.25) is 4.79 Å². The van der Waals surface area contributed by atoms with Crippen molar-refractivity contribution in [1.29, 1.82) is 0 Å². The third kappa shape index (κ3) is 5.21. The number of fused-ring (bicyclic) bond motifs is 1. The molecule has 0 bridgehead atoms. The molecule has 0 atom stereocenters. The quantitative estimate of drug-likeness (QED) is 0.566.